The van der Waals surface area contributed by atoms with Gasteiger partial charge in [0.05, 0.1) is 5.69 Å². The molecule has 0 heterocycles. The van der Waals surface area contributed by atoms with E-state index in [1.54, 1.807) is 0 Å². The van der Waals surface area contributed by atoms with Crippen molar-refractivity contribution in [2.24, 2.45) is 5.41 Å². The smallest absolute Gasteiger partial charge is 0.240 e. The van der Waals surface area contributed by atoms with Crippen LogP contribution in [0, 0.1) is 22.9 Å². The maximum atomic E-state index is 13.5. The van der Waals surface area contributed by atoms with Crippen molar-refractivity contribution in [3.8, 4) is 0 Å². The average Bonchev–Trinajstić information content (AvgIpc) is 3.32. The maximum absolute atomic E-state index is 13.5. The normalized spacial score (nSPS) is 19.0. The summed E-state index contributed by atoms with van der Waals surface area (Å²) in [4.78, 5) is 24.1. The molecule has 112 valence electrons. The minimum absolute atomic E-state index is 0.114. The Bertz CT molecular complexity index is 625. The lowest BCUT2D eigenvalue weighted by Gasteiger charge is -2.15. The number of rotatable bonds is 4. The molecule has 0 aliphatic heterocycles. The minimum Gasteiger partial charge on any atom is -0.352 e. The third-order valence-corrected chi connectivity index (χ3v) is 3.82. The Kier molecular flexibility index (Phi) is 3.15. The first-order valence-corrected chi connectivity index (χ1v) is 6.70. The van der Waals surface area contributed by atoms with E-state index in [0.29, 0.717) is 12.8 Å². The molecule has 0 spiro atoms. The standard InChI is InChI=1S/C14H13F3N2O2/c15-8-3-4-9(11(17)10(8)16)19-13(21)14(5-6-14)12(20)18-7-1-2-7/h3-4,7H,1-2,5-6H2,(H,18,20)(H,19,21). The number of hydrogen-bond acceptors (Lipinski definition) is 2. The van der Waals surface area contributed by atoms with Crippen LogP contribution in [0.1, 0.15) is 25.7 Å². The number of carbonyl (C=O) groups is 2. The van der Waals surface area contributed by atoms with Gasteiger partial charge < -0.3 is 10.6 Å². The number of amides is 2. The summed E-state index contributed by atoms with van der Waals surface area (Å²) in [6.45, 7) is 0. The van der Waals surface area contributed by atoms with Gasteiger partial charge in [-0.25, -0.2) is 13.2 Å². The predicted octanol–water partition coefficient (Wildman–Crippen LogP) is 2.10. The lowest BCUT2D eigenvalue weighted by Crippen LogP contribution is -2.41. The van der Waals surface area contributed by atoms with Gasteiger partial charge in [-0.2, -0.15) is 0 Å². The van der Waals surface area contributed by atoms with Crippen molar-refractivity contribution in [3.05, 3.63) is 29.6 Å². The number of halogens is 3. The Morgan fingerprint density at radius 3 is 2.29 bits per heavy atom. The molecule has 0 unspecified atom stereocenters. The molecule has 2 amide bonds. The first kappa shape index (κ1) is 13.9. The molecule has 1 aromatic carbocycles. The van der Waals surface area contributed by atoms with Crippen molar-refractivity contribution < 1.29 is 22.8 Å². The fraction of sp³-hybridized carbons (Fsp3) is 0.429. The number of nitrogens with one attached hydrogen (secondary N) is 2. The van der Waals surface area contributed by atoms with Crippen LogP contribution in [0.3, 0.4) is 0 Å². The van der Waals surface area contributed by atoms with E-state index in [9.17, 15) is 22.8 Å². The quantitative estimate of drug-likeness (QED) is 0.660. The number of benzene rings is 1. The van der Waals surface area contributed by atoms with Crippen LogP contribution in [-0.2, 0) is 9.59 Å². The van der Waals surface area contributed by atoms with E-state index in [4.69, 9.17) is 0 Å². The summed E-state index contributed by atoms with van der Waals surface area (Å²) < 4.78 is 39.5. The zero-order valence-electron chi connectivity index (χ0n) is 11.0. The van der Waals surface area contributed by atoms with Gasteiger partial charge in [0, 0.05) is 6.04 Å². The molecular formula is C14H13F3N2O2. The maximum Gasteiger partial charge on any atom is 0.240 e. The van der Waals surface area contributed by atoms with Crippen LogP contribution >= 0.6 is 0 Å². The highest BCUT2D eigenvalue weighted by Gasteiger charge is 2.57. The van der Waals surface area contributed by atoms with Crippen molar-refractivity contribution in [1.29, 1.82) is 0 Å². The van der Waals surface area contributed by atoms with Crippen LogP contribution in [0.4, 0.5) is 18.9 Å². The molecule has 0 saturated heterocycles. The van der Waals surface area contributed by atoms with Crippen molar-refractivity contribution in [3.63, 3.8) is 0 Å². The molecule has 2 saturated carbocycles. The molecule has 3 rings (SSSR count). The van der Waals surface area contributed by atoms with Crippen molar-refractivity contribution >= 4 is 17.5 Å². The van der Waals surface area contributed by atoms with E-state index < -0.39 is 34.5 Å². The topological polar surface area (TPSA) is 58.2 Å². The molecule has 0 radical (unpaired) electrons. The first-order valence-electron chi connectivity index (χ1n) is 6.70. The van der Waals surface area contributed by atoms with Crippen molar-refractivity contribution in [2.45, 2.75) is 31.7 Å². The second-order valence-electron chi connectivity index (χ2n) is 5.51. The minimum atomic E-state index is -1.65. The summed E-state index contributed by atoms with van der Waals surface area (Å²) in [6.07, 6.45) is 2.51. The van der Waals surface area contributed by atoms with Gasteiger partial charge in [-0.15, -0.1) is 0 Å². The van der Waals surface area contributed by atoms with Crippen LogP contribution in [0.15, 0.2) is 12.1 Å². The Morgan fingerprint density at radius 1 is 1.05 bits per heavy atom. The Labute approximate surface area is 118 Å². The molecule has 7 heteroatoms. The number of carbonyl (C=O) groups excluding carboxylic acids is 2. The van der Waals surface area contributed by atoms with E-state index in [0.717, 1.165) is 25.0 Å². The van der Waals surface area contributed by atoms with Gasteiger partial charge in [0.15, 0.2) is 17.5 Å². The van der Waals surface area contributed by atoms with Crippen LogP contribution in [0.2, 0.25) is 0 Å². The Hall–Kier alpha value is -2.05. The summed E-state index contributed by atoms with van der Waals surface area (Å²) in [5.74, 6) is -5.53. The Morgan fingerprint density at radius 2 is 1.71 bits per heavy atom. The van der Waals surface area contributed by atoms with Crippen LogP contribution in [-0.4, -0.2) is 17.9 Å². The molecule has 1 aromatic rings. The average molecular weight is 298 g/mol. The molecule has 0 atom stereocenters. The van der Waals surface area contributed by atoms with Crippen molar-refractivity contribution in [1.82, 2.24) is 5.32 Å². The SMILES string of the molecule is O=C(Nc1ccc(F)c(F)c1F)C1(C(=O)NC2CC2)CC1. The van der Waals surface area contributed by atoms with Gasteiger partial charge in [-0.05, 0) is 37.8 Å². The molecule has 2 N–H and O–H groups in total. The highest BCUT2D eigenvalue weighted by molar-refractivity contribution is 6.13. The van der Waals surface area contributed by atoms with Crippen LogP contribution in [0.5, 0.6) is 0 Å². The van der Waals surface area contributed by atoms with Crippen LogP contribution in [0.25, 0.3) is 0 Å². The summed E-state index contributed by atoms with van der Waals surface area (Å²) in [6, 6.07) is 1.76. The molecule has 21 heavy (non-hydrogen) atoms. The van der Waals surface area contributed by atoms with Gasteiger partial charge in [0.25, 0.3) is 0 Å². The van der Waals surface area contributed by atoms with Crippen LogP contribution < -0.4 is 10.6 Å². The molecule has 2 aliphatic rings. The second-order valence-corrected chi connectivity index (χ2v) is 5.51. The summed E-state index contributed by atoms with van der Waals surface area (Å²) >= 11 is 0. The Balaban J connectivity index is 1.74. The van der Waals surface area contributed by atoms with Crippen molar-refractivity contribution in [2.75, 3.05) is 5.32 Å². The first-order chi connectivity index (χ1) is 9.94. The molecular weight excluding hydrogens is 285 g/mol. The third-order valence-electron chi connectivity index (χ3n) is 3.82. The van der Waals surface area contributed by atoms with E-state index in [1.807, 2.05) is 0 Å². The third kappa shape index (κ3) is 2.48. The lowest BCUT2D eigenvalue weighted by atomic mass is 10.0. The molecule has 2 fully saturated rings. The highest BCUT2D eigenvalue weighted by Crippen LogP contribution is 2.47. The number of hydrogen-bond donors (Lipinski definition) is 2. The zero-order valence-corrected chi connectivity index (χ0v) is 11.0. The van der Waals surface area contributed by atoms with E-state index in [1.165, 1.54) is 0 Å². The lowest BCUT2D eigenvalue weighted by molar-refractivity contribution is -0.134. The zero-order chi connectivity index (χ0) is 15.2. The predicted molar refractivity (Wildman–Crippen MR) is 67.8 cm³/mol. The largest absolute Gasteiger partial charge is 0.352 e. The van der Waals surface area contributed by atoms with Gasteiger partial charge in [0.2, 0.25) is 11.8 Å². The number of anilines is 1. The fourth-order valence-corrected chi connectivity index (χ4v) is 2.10. The van der Waals surface area contributed by atoms with E-state index in [-0.39, 0.29) is 11.9 Å². The molecule has 4 nitrogen and oxygen atoms in total. The summed E-state index contributed by atoms with van der Waals surface area (Å²) in [5.41, 5.74) is -1.68. The molecule has 2 aliphatic carbocycles. The fourth-order valence-electron chi connectivity index (χ4n) is 2.10. The van der Waals surface area contributed by atoms with Gasteiger partial charge in [-0.1, -0.05) is 0 Å². The van der Waals surface area contributed by atoms with Gasteiger partial charge in [-0.3, -0.25) is 9.59 Å². The summed E-state index contributed by atoms with van der Waals surface area (Å²) in [5, 5.41) is 4.90. The van der Waals surface area contributed by atoms with E-state index >= 15 is 0 Å². The molecule has 0 aromatic heterocycles. The van der Waals surface area contributed by atoms with Gasteiger partial charge >= 0.3 is 0 Å². The molecule has 0 bridgehead atoms. The van der Waals surface area contributed by atoms with E-state index in [2.05, 4.69) is 10.6 Å². The monoisotopic (exact) mass is 298 g/mol. The second kappa shape index (κ2) is 4.75. The summed E-state index contributed by atoms with van der Waals surface area (Å²) in [7, 11) is 0. The highest BCUT2D eigenvalue weighted by atomic mass is 19.2. The van der Waals surface area contributed by atoms with Gasteiger partial charge in [0.1, 0.15) is 5.41 Å².